The fraction of sp³-hybridized carbons (Fsp3) is 0.333. The summed E-state index contributed by atoms with van der Waals surface area (Å²) in [7, 11) is 5.49. The molecule has 2 aromatic carbocycles. The molecule has 0 atom stereocenters. The highest BCUT2D eigenvalue weighted by atomic mass is 35.5. The molecule has 8 nitrogen and oxygen atoms in total. The minimum atomic E-state index is -0.249. The molecule has 1 aliphatic heterocycles. The lowest BCUT2D eigenvalue weighted by molar-refractivity contribution is -0.114. The predicted octanol–water partition coefficient (Wildman–Crippen LogP) is 4.98. The fourth-order valence-corrected chi connectivity index (χ4v) is 4.75. The van der Waals surface area contributed by atoms with Crippen LogP contribution in [0, 0.1) is 6.57 Å². The molecule has 1 N–H and O–H groups in total. The molecule has 36 heavy (non-hydrogen) atoms. The Morgan fingerprint density at radius 3 is 2.81 bits per heavy atom. The second kappa shape index (κ2) is 9.41. The summed E-state index contributed by atoms with van der Waals surface area (Å²) in [6.45, 7) is 8.24. The predicted molar refractivity (Wildman–Crippen MR) is 139 cm³/mol. The summed E-state index contributed by atoms with van der Waals surface area (Å²) in [4.78, 5) is 27.6. The Morgan fingerprint density at radius 2 is 2.11 bits per heavy atom. The first-order valence-electron chi connectivity index (χ1n) is 11.7. The number of carbonyl (C=O) groups excluding carboxylic acids is 1. The molecule has 0 spiro atoms. The minimum absolute atomic E-state index is 0.0264. The molecular formula is C27H26ClN5O3. The van der Waals surface area contributed by atoms with Crippen molar-refractivity contribution in [2.75, 3.05) is 33.1 Å². The van der Waals surface area contributed by atoms with Gasteiger partial charge in [0.15, 0.2) is 5.78 Å². The number of anilines is 2. The van der Waals surface area contributed by atoms with E-state index >= 15 is 0 Å². The number of likely N-dealkylation sites (N-methyl/N-ethyl adjacent to an activating group) is 1. The highest BCUT2D eigenvalue weighted by Crippen LogP contribution is 2.42. The van der Waals surface area contributed by atoms with Crippen LogP contribution in [0.1, 0.15) is 24.0 Å². The molecule has 3 aromatic rings. The average Bonchev–Trinajstić information content (AvgIpc) is 3.53. The number of hydrogen-bond donors (Lipinski definition) is 1. The van der Waals surface area contributed by atoms with E-state index in [9.17, 15) is 4.79 Å². The quantitative estimate of drug-likeness (QED) is 0.343. The largest absolute Gasteiger partial charge is 0.496 e. The molecular weight excluding hydrogens is 478 g/mol. The van der Waals surface area contributed by atoms with Gasteiger partial charge < -0.3 is 24.5 Å². The molecule has 2 aliphatic rings. The molecule has 1 fully saturated rings. The summed E-state index contributed by atoms with van der Waals surface area (Å²) in [6, 6.07) is 7.40. The second-order valence-electron chi connectivity index (χ2n) is 9.31. The Kier molecular flexibility index (Phi) is 6.29. The lowest BCUT2D eigenvalue weighted by Gasteiger charge is -2.20. The lowest BCUT2D eigenvalue weighted by Crippen LogP contribution is -2.28. The van der Waals surface area contributed by atoms with Gasteiger partial charge >= 0.3 is 0 Å². The van der Waals surface area contributed by atoms with E-state index in [2.05, 4.69) is 25.0 Å². The first-order chi connectivity index (χ1) is 17.3. The van der Waals surface area contributed by atoms with E-state index in [4.69, 9.17) is 27.6 Å². The van der Waals surface area contributed by atoms with Crippen LogP contribution in [0.15, 0.2) is 42.4 Å². The third-order valence-electron chi connectivity index (χ3n) is 6.89. The Hall–Kier alpha value is -3.67. The first-order valence-corrected chi connectivity index (χ1v) is 12.1. The maximum Gasteiger partial charge on any atom is 0.227 e. The van der Waals surface area contributed by atoms with Crippen molar-refractivity contribution in [2.24, 2.45) is 0 Å². The van der Waals surface area contributed by atoms with E-state index in [0.29, 0.717) is 45.4 Å². The van der Waals surface area contributed by atoms with E-state index in [-0.39, 0.29) is 23.4 Å². The summed E-state index contributed by atoms with van der Waals surface area (Å²) in [5.74, 6) is 1.63. The number of benzene rings is 2. The number of methoxy groups -OCH3 is 1. The fourth-order valence-electron chi connectivity index (χ4n) is 4.52. The number of allylic oxidation sites excluding steroid dienone is 1. The van der Waals surface area contributed by atoms with Crippen LogP contribution in [0.2, 0.25) is 5.02 Å². The van der Waals surface area contributed by atoms with E-state index in [0.717, 1.165) is 30.6 Å². The number of aromatic nitrogens is 2. The number of nitrogens with zero attached hydrogens (tertiary/aromatic N) is 4. The van der Waals surface area contributed by atoms with Gasteiger partial charge in [-0.2, -0.15) is 0 Å². The maximum atomic E-state index is 13.2. The van der Waals surface area contributed by atoms with Gasteiger partial charge in [-0.25, -0.2) is 14.8 Å². The van der Waals surface area contributed by atoms with Gasteiger partial charge in [0.1, 0.15) is 23.6 Å². The van der Waals surface area contributed by atoms with Crippen LogP contribution < -0.4 is 14.8 Å². The topological polar surface area (TPSA) is 80.9 Å². The lowest BCUT2D eigenvalue weighted by atomic mass is 10.0. The van der Waals surface area contributed by atoms with E-state index in [1.807, 2.05) is 38.4 Å². The average molecular weight is 504 g/mol. The number of fused-ring (bicyclic) bond motifs is 2. The highest BCUT2D eigenvalue weighted by molar-refractivity contribution is 6.33. The number of hydrogen-bond acceptors (Lipinski definition) is 7. The van der Waals surface area contributed by atoms with Crippen LogP contribution in [0.25, 0.3) is 15.7 Å². The van der Waals surface area contributed by atoms with Gasteiger partial charge in [0.25, 0.3) is 0 Å². The van der Waals surface area contributed by atoms with Crippen LogP contribution in [-0.2, 0) is 17.6 Å². The van der Waals surface area contributed by atoms with Gasteiger partial charge in [-0.1, -0.05) is 17.7 Å². The van der Waals surface area contributed by atoms with Gasteiger partial charge in [0.05, 0.1) is 36.5 Å². The third-order valence-corrected chi connectivity index (χ3v) is 7.20. The van der Waals surface area contributed by atoms with Crippen LogP contribution in [0.5, 0.6) is 11.5 Å². The highest BCUT2D eigenvalue weighted by Gasteiger charge is 2.43. The Morgan fingerprint density at radius 1 is 1.31 bits per heavy atom. The molecule has 2 heterocycles. The number of rotatable bonds is 8. The van der Waals surface area contributed by atoms with Crippen LogP contribution >= 0.6 is 11.6 Å². The van der Waals surface area contributed by atoms with Crippen molar-refractivity contribution in [2.45, 2.75) is 31.2 Å². The van der Waals surface area contributed by atoms with Crippen molar-refractivity contribution in [3.8, 4) is 11.5 Å². The summed E-state index contributed by atoms with van der Waals surface area (Å²) in [5, 5.41) is 4.57. The Bertz CT molecular complexity index is 1440. The SMILES string of the molecule is [C-]#[N+]/C(=C\C1(N(C)C)CC1)C(=O)Cc1cc2c(Nc3cc4c(cc3Cl)CCO4)ncnc2cc1OC. The van der Waals surface area contributed by atoms with Gasteiger partial charge in [-0.05, 0) is 44.6 Å². The van der Waals surface area contributed by atoms with Gasteiger partial charge in [0, 0.05) is 41.5 Å². The van der Waals surface area contributed by atoms with E-state index in [1.54, 1.807) is 13.2 Å². The number of carbonyl (C=O) groups is 1. The van der Waals surface area contributed by atoms with Gasteiger partial charge in [-0.3, -0.25) is 0 Å². The van der Waals surface area contributed by atoms with Crippen molar-refractivity contribution < 1.29 is 14.3 Å². The van der Waals surface area contributed by atoms with Gasteiger partial charge in [0.2, 0.25) is 5.70 Å². The van der Waals surface area contributed by atoms with Crippen molar-refractivity contribution in [1.82, 2.24) is 14.9 Å². The monoisotopic (exact) mass is 503 g/mol. The van der Waals surface area contributed by atoms with Crippen molar-refractivity contribution in [3.63, 3.8) is 0 Å². The summed E-state index contributed by atoms with van der Waals surface area (Å²) in [6.07, 6.45) is 6.01. The van der Waals surface area contributed by atoms with Crippen molar-refractivity contribution >= 4 is 39.8 Å². The normalized spacial score (nSPS) is 15.8. The molecule has 9 heteroatoms. The smallest absolute Gasteiger partial charge is 0.227 e. The maximum absolute atomic E-state index is 13.2. The zero-order chi connectivity index (χ0) is 25.4. The van der Waals surface area contributed by atoms with Crippen LogP contribution in [-0.4, -0.2) is 54.0 Å². The molecule has 0 amide bonds. The van der Waals surface area contributed by atoms with Crippen LogP contribution in [0.4, 0.5) is 11.5 Å². The molecule has 1 aromatic heterocycles. The molecule has 5 rings (SSSR count). The van der Waals surface area contributed by atoms with Gasteiger partial charge in [-0.15, -0.1) is 0 Å². The molecule has 1 saturated carbocycles. The number of ketones is 1. The Labute approximate surface area is 214 Å². The molecule has 184 valence electrons. The summed E-state index contributed by atoms with van der Waals surface area (Å²) < 4.78 is 11.3. The Balaban J connectivity index is 1.49. The molecule has 0 saturated heterocycles. The van der Waals surface area contributed by atoms with Crippen LogP contribution in [0.3, 0.4) is 0 Å². The zero-order valence-corrected chi connectivity index (χ0v) is 21.1. The zero-order valence-electron chi connectivity index (χ0n) is 20.4. The number of halogens is 1. The van der Waals surface area contributed by atoms with E-state index in [1.165, 1.54) is 6.33 Å². The van der Waals surface area contributed by atoms with Crippen molar-refractivity contribution in [1.29, 1.82) is 0 Å². The molecule has 1 aliphatic carbocycles. The minimum Gasteiger partial charge on any atom is -0.496 e. The van der Waals surface area contributed by atoms with Crippen molar-refractivity contribution in [3.05, 3.63) is 69.9 Å². The molecule has 0 unspecified atom stereocenters. The molecule has 0 bridgehead atoms. The van der Waals surface area contributed by atoms with E-state index < -0.39 is 0 Å². The third kappa shape index (κ3) is 4.48. The number of ether oxygens (including phenoxy) is 2. The first kappa shape index (κ1) is 24.0. The summed E-state index contributed by atoms with van der Waals surface area (Å²) >= 11 is 6.52. The molecule has 0 radical (unpaired) electrons. The summed E-state index contributed by atoms with van der Waals surface area (Å²) in [5.41, 5.74) is 3.00. The number of Topliss-reactive ketones (excluding diaryl/α,β-unsaturated/α-hetero) is 1. The number of nitrogens with one attached hydrogen (secondary N) is 1. The standard InChI is InChI=1S/C27H26ClN5O3/c1-29-22(14-27(6-7-27)33(2)3)23(34)11-17-9-18-20(12-24(17)35-4)30-15-31-26(18)32-21-13-25-16(5-8-36-25)10-19(21)28/h9-10,12-15H,5-8,11H2,2-4H3,(H,30,31,32)/b22-14-. The second-order valence-corrected chi connectivity index (χ2v) is 9.71.